The summed E-state index contributed by atoms with van der Waals surface area (Å²) >= 11 is 1.48. The summed E-state index contributed by atoms with van der Waals surface area (Å²) in [5.74, 6) is 0.508. The van der Waals surface area contributed by atoms with Crippen molar-refractivity contribution in [3.8, 4) is 0 Å². The van der Waals surface area contributed by atoms with Gasteiger partial charge in [0.05, 0.1) is 6.04 Å². The molecule has 0 aromatic carbocycles. The second-order valence-corrected chi connectivity index (χ2v) is 6.90. The molecule has 2 amide bonds. The quantitative estimate of drug-likeness (QED) is 0.891. The number of hydrogen-bond donors (Lipinski definition) is 2. The highest BCUT2D eigenvalue weighted by Gasteiger charge is 2.20. The van der Waals surface area contributed by atoms with E-state index >= 15 is 0 Å². The maximum absolute atomic E-state index is 12.1. The average molecular weight is 331 g/mol. The van der Waals surface area contributed by atoms with E-state index in [-0.39, 0.29) is 12.1 Å². The fraction of sp³-hybridized carbons (Fsp3) is 0.500. The van der Waals surface area contributed by atoms with E-state index in [1.165, 1.54) is 43.4 Å². The summed E-state index contributed by atoms with van der Waals surface area (Å²) in [6, 6.07) is 3.40. The number of anilines is 1. The van der Waals surface area contributed by atoms with Crippen molar-refractivity contribution in [2.45, 2.75) is 51.0 Å². The Morgan fingerprint density at radius 3 is 2.87 bits per heavy atom. The van der Waals surface area contributed by atoms with Gasteiger partial charge in [0.25, 0.3) is 0 Å². The van der Waals surface area contributed by atoms with Crippen LogP contribution in [0, 0.1) is 0 Å². The van der Waals surface area contributed by atoms with Gasteiger partial charge in [-0.3, -0.25) is 10.3 Å². The number of carbonyl (C=O) groups excluding carboxylic acids is 1. The van der Waals surface area contributed by atoms with Crippen molar-refractivity contribution < 1.29 is 4.79 Å². The number of amides is 2. The van der Waals surface area contributed by atoms with Crippen molar-refractivity contribution >= 4 is 22.5 Å². The van der Waals surface area contributed by atoms with Crippen LogP contribution in [0.1, 0.15) is 61.6 Å². The lowest BCUT2D eigenvalue weighted by molar-refractivity contribution is 0.249. The standard InChI is InChI=1S/C16H21N5OS/c1-11(13-8-5-9-17-10-13)18-15(22)19-16-21-20-14(23-16)12-6-3-2-4-7-12/h5,8-12H,2-4,6-7H2,1H3,(H2,18,19,21,22). The molecule has 2 aromatic heterocycles. The number of nitrogens with zero attached hydrogens (tertiary/aromatic N) is 3. The zero-order valence-corrected chi connectivity index (χ0v) is 14.0. The molecule has 1 saturated carbocycles. The second-order valence-electron chi connectivity index (χ2n) is 5.89. The summed E-state index contributed by atoms with van der Waals surface area (Å²) in [5, 5.41) is 15.6. The predicted octanol–water partition coefficient (Wildman–Crippen LogP) is 3.86. The summed E-state index contributed by atoms with van der Waals surface area (Å²) in [4.78, 5) is 16.1. The number of pyridine rings is 1. The first kappa shape index (κ1) is 15.9. The number of carbonyl (C=O) groups is 1. The van der Waals surface area contributed by atoms with E-state index in [4.69, 9.17) is 0 Å². The highest BCUT2D eigenvalue weighted by molar-refractivity contribution is 7.15. The van der Waals surface area contributed by atoms with E-state index in [2.05, 4.69) is 25.8 Å². The van der Waals surface area contributed by atoms with E-state index in [1.54, 1.807) is 12.4 Å². The molecular formula is C16H21N5OS. The van der Waals surface area contributed by atoms with Crippen LogP contribution in [0.25, 0.3) is 0 Å². The van der Waals surface area contributed by atoms with Crippen molar-refractivity contribution in [1.29, 1.82) is 0 Å². The third kappa shape index (κ3) is 4.25. The fourth-order valence-corrected chi connectivity index (χ4v) is 3.75. The Balaban J connectivity index is 1.54. The molecular weight excluding hydrogens is 310 g/mol. The summed E-state index contributed by atoms with van der Waals surface area (Å²) < 4.78 is 0. The molecule has 6 nitrogen and oxygen atoms in total. The SMILES string of the molecule is CC(NC(=O)Nc1nnc(C2CCCCC2)s1)c1cccnc1. The molecule has 1 atom stereocenters. The fourth-order valence-electron chi connectivity index (χ4n) is 2.84. The Kier molecular flexibility index (Phi) is 5.17. The Morgan fingerprint density at radius 2 is 2.13 bits per heavy atom. The molecule has 0 aliphatic heterocycles. The van der Waals surface area contributed by atoms with Crippen LogP contribution in [-0.2, 0) is 0 Å². The van der Waals surface area contributed by atoms with Gasteiger partial charge in [0.15, 0.2) is 0 Å². The minimum Gasteiger partial charge on any atom is -0.331 e. The van der Waals surface area contributed by atoms with Gasteiger partial charge in [0.1, 0.15) is 5.01 Å². The summed E-state index contributed by atoms with van der Waals surface area (Å²) in [7, 11) is 0. The first-order valence-electron chi connectivity index (χ1n) is 8.03. The van der Waals surface area contributed by atoms with Crippen molar-refractivity contribution in [3.05, 3.63) is 35.1 Å². The van der Waals surface area contributed by atoms with E-state index in [0.29, 0.717) is 11.0 Å². The lowest BCUT2D eigenvalue weighted by Crippen LogP contribution is -2.31. The summed E-state index contributed by atoms with van der Waals surface area (Å²) in [6.07, 6.45) is 9.65. The van der Waals surface area contributed by atoms with Gasteiger partial charge < -0.3 is 5.32 Å². The molecule has 0 spiro atoms. The number of rotatable bonds is 4. The topological polar surface area (TPSA) is 79.8 Å². The molecule has 0 radical (unpaired) electrons. The van der Waals surface area contributed by atoms with Crippen LogP contribution in [0.3, 0.4) is 0 Å². The van der Waals surface area contributed by atoms with Gasteiger partial charge in [-0.15, -0.1) is 10.2 Å². The van der Waals surface area contributed by atoms with Crippen LogP contribution >= 0.6 is 11.3 Å². The molecule has 2 aromatic rings. The molecule has 1 fully saturated rings. The van der Waals surface area contributed by atoms with Crippen LogP contribution in [0.15, 0.2) is 24.5 Å². The van der Waals surface area contributed by atoms with Gasteiger partial charge in [-0.2, -0.15) is 0 Å². The van der Waals surface area contributed by atoms with Crippen LogP contribution in [0.5, 0.6) is 0 Å². The Bertz CT molecular complexity index is 639. The third-order valence-corrected chi connectivity index (χ3v) is 5.15. The molecule has 2 heterocycles. The normalized spacial score (nSPS) is 16.7. The predicted molar refractivity (Wildman–Crippen MR) is 90.5 cm³/mol. The van der Waals surface area contributed by atoms with Crippen molar-refractivity contribution in [2.75, 3.05) is 5.32 Å². The van der Waals surface area contributed by atoms with Crippen LogP contribution in [-0.4, -0.2) is 21.2 Å². The molecule has 1 aliphatic rings. The highest BCUT2D eigenvalue weighted by atomic mass is 32.1. The van der Waals surface area contributed by atoms with E-state index in [1.807, 2.05) is 19.1 Å². The number of aromatic nitrogens is 3. The van der Waals surface area contributed by atoms with Crippen LogP contribution < -0.4 is 10.6 Å². The average Bonchev–Trinajstić information content (AvgIpc) is 3.04. The number of hydrogen-bond acceptors (Lipinski definition) is 5. The monoisotopic (exact) mass is 331 g/mol. The molecule has 1 aliphatic carbocycles. The molecule has 1 unspecified atom stereocenters. The second kappa shape index (κ2) is 7.50. The summed E-state index contributed by atoms with van der Waals surface area (Å²) in [6.45, 7) is 1.92. The van der Waals surface area contributed by atoms with Crippen molar-refractivity contribution in [3.63, 3.8) is 0 Å². The maximum atomic E-state index is 12.1. The lowest BCUT2D eigenvalue weighted by atomic mass is 9.90. The smallest absolute Gasteiger partial charge is 0.321 e. The lowest BCUT2D eigenvalue weighted by Gasteiger charge is -2.18. The van der Waals surface area contributed by atoms with Gasteiger partial charge in [0, 0.05) is 18.3 Å². The van der Waals surface area contributed by atoms with Gasteiger partial charge in [0.2, 0.25) is 5.13 Å². The molecule has 0 bridgehead atoms. The van der Waals surface area contributed by atoms with Crippen LogP contribution in [0.4, 0.5) is 9.93 Å². The molecule has 122 valence electrons. The Hall–Kier alpha value is -2.02. The zero-order chi connectivity index (χ0) is 16.1. The number of nitrogens with one attached hydrogen (secondary N) is 2. The highest BCUT2D eigenvalue weighted by Crippen LogP contribution is 2.35. The van der Waals surface area contributed by atoms with Gasteiger partial charge in [-0.05, 0) is 31.4 Å². The van der Waals surface area contributed by atoms with Gasteiger partial charge >= 0.3 is 6.03 Å². The zero-order valence-electron chi connectivity index (χ0n) is 13.2. The molecule has 7 heteroatoms. The minimum absolute atomic E-state index is 0.116. The Labute approximate surface area is 139 Å². The third-order valence-electron chi connectivity index (χ3n) is 4.15. The van der Waals surface area contributed by atoms with E-state index in [0.717, 1.165) is 10.6 Å². The molecule has 2 N–H and O–H groups in total. The summed E-state index contributed by atoms with van der Waals surface area (Å²) in [5.41, 5.74) is 0.961. The van der Waals surface area contributed by atoms with Crippen molar-refractivity contribution in [2.24, 2.45) is 0 Å². The minimum atomic E-state index is -0.271. The molecule has 3 rings (SSSR count). The van der Waals surface area contributed by atoms with Crippen molar-refractivity contribution in [1.82, 2.24) is 20.5 Å². The first-order valence-corrected chi connectivity index (χ1v) is 8.85. The largest absolute Gasteiger partial charge is 0.331 e. The molecule has 23 heavy (non-hydrogen) atoms. The van der Waals surface area contributed by atoms with Crippen LogP contribution in [0.2, 0.25) is 0 Å². The number of urea groups is 1. The first-order chi connectivity index (χ1) is 11.2. The van der Waals surface area contributed by atoms with Gasteiger partial charge in [-0.1, -0.05) is 36.7 Å². The van der Waals surface area contributed by atoms with E-state index < -0.39 is 0 Å². The van der Waals surface area contributed by atoms with Gasteiger partial charge in [-0.25, -0.2) is 4.79 Å². The molecule has 0 saturated heterocycles. The maximum Gasteiger partial charge on any atom is 0.321 e. The van der Waals surface area contributed by atoms with E-state index in [9.17, 15) is 4.79 Å². The Morgan fingerprint density at radius 1 is 1.30 bits per heavy atom.